The van der Waals surface area contributed by atoms with Gasteiger partial charge in [-0.05, 0) is 32.9 Å². The van der Waals surface area contributed by atoms with Crippen molar-refractivity contribution in [1.82, 2.24) is 19.7 Å². The summed E-state index contributed by atoms with van der Waals surface area (Å²) >= 11 is 2.51. The van der Waals surface area contributed by atoms with Gasteiger partial charge < -0.3 is 9.15 Å². The zero-order valence-corrected chi connectivity index (χ0v) is 17.4. The van der Waals surface area contributed by atoms with E-state index >= 15 is 0 Å². The molecule has 3 rings (SSSR count). The third kappa shape index (κ3) is 4.33. The van der Waals surface area contributed by atoms with Crippen molar-refractivity contribution in [2.24, 2.45) is 0 Å². The average molecular weight is 421 g/mol. The lowest BCUT2D eigenvalue weighted by Gasteiger charge is -2.12. The van der Waals surface area contributed by atoms with E-state index in [1.54, 1.807) is 25.3 Å². The Balaban J connectivity index is 1.77. The van der Waals surface area contributed by atoms with Crippen molar-refractivity contribution < 1.29 is 18.7 Å². The first-order chi connectivity index (χ1) is 13.5. The Hall–Kier alpha value is -2.46. The number of ketones is 1. The van der Waals surface area contributed by atoms with Crippen LogP contribution in [0, 0.1) is 6.92 Å². The number of carbonyl (C=O) groups is 2. The fourth-order valence-corrected chi connectivity index (χ4v) is 4.40. The molecular weight excluding hydrogens is 400 g/mol. The topological polar surface area (TPSA) is 100 Å². The summed E-state index contributed by atoms with van der Waals surface area (Å²) in [5.41, 5.74) is 0.767. The lowest BCUT2D eigenvalue weighted by Crippen LogP contribution is -2.25. The van der Waals surface area contributed by atoms with Gasteiger partial charge in [0.2, 0.25) is 0 Å². The summed E-state index contributed by atoms with van der Waals surface area (Å²) in [7, 11) is 0. The standard InChI is InChI=1S/C18H20N4O4S2/c1-4-22-15(13-7-6-8-26-13)20-21-18(22)28-10-12(23)14(17(24)25-5-2)16-19-11(3)9-27-16/h6-9,14H,4-5,10H2,1-3H3/t14-/m1/s1. The summed E-state index contributed by atoms with van der Waals surface area (Å²) < 4.78 is 12.3. The van der Waals surface area contributed by atoms with E-state index in [4.69, 9.17) is 9.15 Å². The van der Waals surface area contributed by atoms with Crippen molar-refractivity contribution in [3.05, 3.63) is 34.5 Å². The van der Waals surface area contributed by atoms with Gasteiger partial charge in [-0.2, -0.15) is 0 Å². The Morgan fingerprint density at radius 1 is 1.36 bits per heavy atom. The zero-order valence-electron chi connectivity index (χ0n) is 15.7. The first-order valence-electron chi connectivity index (χ1n) is 8.76. The van der Waals surface area contributed by atoms with Crippen molar-refractivity contribution in [3.63, 3.8) is 0 Å². The smallest absolute Gasteiger partial charge is 0.323 e. The highest BCUT2D eigenvalue weighted by Gasteiger charge is 2.32. The number of furan rings is 1. The molecule has 3 heterocycles. The minimum atomic E-state index is -1.02. The summed E-state index contributed by atoms with van der Waals surface area (Å²) in [5.74, 6) is -0.610. The molecule has 0 aromatic carbocycles. The number of thiazole rings is 1. The Bertz CT molecular complexity index is 949. The molecule has 28 heavy (non-hydrogen) atoms. The highest BCUT2D eigenvalue weighted by Crippen LogP contribution is 2.28. The van der Waals surface area contributed by atoms with Crippen LogP contribution in [0.3, 0.4) is 0 Å². The van der Waals surface area contributed by atoms with Crippen LogP contribution in [0.2, 0.25) is 0 Å². The van der Waals surface area contributed by atoms with Crippen molar-refractivity contribution >= 4 is 34.9 Å². The van der Waals surface area contributed by atoms with Crippen molar-refractivity contribution in [1.29, 1.82) is 0 Å². The second-order valence-corrected chi connectivity index (χ2v) is 7.63. The van der Waals surface area contributed by atoms with Crippen molar-refractivity contribution in [2.75, 3.05) is 12.4 Å². The van der Waals surface area contributed by atoms with Gasteiger partial charge in [-0.3, -0.25) is 14.2 Å². The first kappa shape index (κ1) is 20.3. The van der Waals surface area contributed by atoms with Gasteiger partial charge in [0.05, 0.1) is 18.6 Å². The number of hydrogen-bond donors (Lipinski definition) is 0. The van der Waals surface area contributed by atoms with Gasteiger partial charge in [-0.25, -0.2) is 4.98 Å². The lowest BCUT2D eigenvalue weighted by molar-refractivity contribution is -0.147. The molecule has 0 aliphatic heterocycles. The molecule has 1 atom stereocenters. The van der Waals surface area contributed by atoms with Crippen molar-refractivity contribution in [2.45, 2.75) is 38.4 Å². The molecule has 0 saturated heterocycles. The maximum Gasteiger partial charge on any atom is 0.323 e. The molecule has 0 unspecified atom stereocenters. The first-order valence-corrected chi connectivity index (χ1v) is 10.6. The Kier molecular flexibility index (Phi) is 6.63. The molecule has 0 bridgehead atoms. The average Bonchev–Trinajstić information content (AvgIpc) is 3.40. The normalized spacial score (nSPS) is 12.1. The van der Waals surface area contributed by atoms with Gasteiger partial charge in [-0.15, -0.1) is 21.5 Å². The third-order valence-corrected chi connectivity index (χ3v) is 5.86. The fourth-order valence-electron chi connectivity index (χ4n) is 2.59. The molecule has 0 aliphatic rings. The van der Waals surface area contributed by atoms with Gasteiger partial charge in [0, 0.05) is 17.6 Å². The van der Waals surface area contributed by atoms with E-state index in [9.17, 15) is 9.59 Å². The van der Waals surface area contributed by atoms with E-state index in [1.165, 1.54) is 23.1 Å². The number of thioether (sulfide) groups is 1. The van der Waals surface area contributed by atoms with E-state index in [0.29, 0.717) is 28.3 Å². The molecule has 3 aromatic heterocycles. The second-order valence-electron chi connectivity index (χ2n) is 5.79. The lowest BCUT2D eigenvalue weighted by atomic mass is 10.1. The van der Waals surface area contributed by atoms with Crippen molar-refractivity contribution in [3.8, 4) is 11.6 Å². The zero-order chi connectivity index (χ0) is 20.1. The van der Waals surface area contributed by atoms with E-state index in [-0.39, 0.29) is 18.1 Å². The van der Waals surface area contributed by atoms with Gasteiger partial charge in [0.25, 0.3) is 0 Å². The predicted molar refractivity (Wildman–Crippen MR) is 105 cm³/mol. The Morgan fingerprint density at radius 2 is 2.18 bits per heavy atom. The van der Waals surface area contributed by atoms with Crippen LogP contribution >= 0.6 is 23.1 Å². The number of ether oxygens (including phenoxy) is 1. The Labute approximate surface area is 170 Å². The second kappa shape index (κ2) is 9.16. The number of aryl methyl sites for hydroxylation is 1. The number of rotatable bonds is 9. The maximum absolute atomic E-state index is 12.8. The van der Waals surface area contributed by atoms with Gasteiger partial charge in [0.15, 0.2) is 28.4 Å². The number of Topliss-reactive ketones (excluding diaryl/α,β-unsaturated/α-hetero) is 1. The van der Waals surface area contributed by atoms with Crippen LogP contribution in [0.25, 0.3) is 11.6 Å². The maximum atomic E-state index is 12.8. The molecule has 0 radical (unpaired) electrons. The minimum absolute atomic E-state index is 0.0540. The molecule has 0 spiro atoms. The molecule has 0 amide bonds. The Morgan fingerprint density at radius 3 is 2.79 bits per heavy atom. The van der Waals surface area contributed by atoms with Gasteiger partial charge >= 0.3 is 5.97 Å². The highest BCUT2D eigenvalue weighted by atomic mass is 32.2. The number of hydrogen-bond acceptors (Lipinski definition) is 9. The van der Waals surface area contributed by atoms with Crippen LogP contribution in [0.4, 0.5) is 0 Å². The number of nitrogens with zero attached hydrogens (tertiary/aromatic N) is 4. The van der Waals surface area contributed by atoms with Crippen LogP contribution in [-0.2, 0) is 20.9 Å². The van der Waals surface area contributed by atoms with E-state index in [2.05, 4.69) is 15.2 Å². The van der Waals surface area contributed by atoms with Gasteiger partial charge in [0.1, 0.15) is 5.01 Å². The molecule has 0 fully saturated rings. The third-order valence-electron chi connectivity index (χ3n) is 3.85. The summed E-state index contributed by atoms with van der Waals surface area (Å²) in [4.78, 5) is 29.5. The minimum Gasteiger partial charge on any atom is -0.465 e. The van der Waals surface area contributed by atoms with Crippen LogP contribution < -0.4 is 0 Å². The summed E-state index contributed by atoms with van der Waals surface area (Å²) in [5, 5.41) is 11.2. The van der Waals surface area contributed by atoms with E-state index < -0.39 is 11.9 Å². The van der Waals surface area contributed by atoms with Gasteiger partial charge in [-0.1, -0.05) is 11.8 Å². The molecular formula is C18H20N4O4S2. The number of esters is 1. The quantitative estimate of drug-likeness (QED) is 0.295. The van der Waals surface area contributed by atoms with E-state index in [0.717, 1.165) is 5.69 Å². The molecule has 0 N–H and O–H groups in total. The molecule has 8 nitrogen and oxygen atoms in total. The SMILES string of the molecule is CCOC(=O)[C@H](C(=O)CSc1nnc(-c2ccco2)n1CC)c1nc(C)cs1. The largest absolute Gasteiger partial charge is 0.465 e. The number of carbonyl (C=O) groups excluding carboxylic acids is 2. The van der Waals surface area contributed by atoms with E-state index in [1.807, 2.05) is 23.8 Å². The van der Waals surface area contributed by atoms with Crippen LogP contribution in [0.1, 0.15) is 30.5 Å². The monoisotopic (exact) mass is 420 g/mol. The van der Waals surface area contributed by atoms with Crippen LogP contribution in [0.5, 0.6) is 0 Å². The summed E-state index contributed by atoms with van der Waals surface area (Å²) in [6, 6.07) is 3.58. The van der Waals surface area contributed by atoms with Crippen LogP contribution in [0.15, 0.2) is 33.3 Å². The number of aromatic nitrogens is 4. The molecule has 3 aromatic rings. The highest BCUT2D eigenvalue weighted by molar-refractivity contribution is 7.99. The molecule has 148 valence electrons. The summed E-state index contributed by atoms with van der Waals surface area (Å²) in [6.07, 6.45) is 1.57. The summed E-state index contributed by atoms with van der Waals surface area (Å²) in [6.45, 7) is 6.31. The molecule has 0 aliphatic carbocycles. The fraction of sp³-hybridized carbons (Fsp3) is 0.389. The molecule has 0 saturated carbocycles. The molecule has 10 heteroatoms. The van der Waals surface area contributed by atoms with Crippen LogP contribution in [-0.4, -0.2) is 43.9 Å². The predicted octanol–water partition coefficient (Wildman–Crippen LogP) is 3.33.